The summed E-state index contributed by atoms with van der Waals surface area (Å²) in [4.78, 5) is 51.2. The molecule has 8 nitrogen and oxygen atoms in total. The molecule has 3 aromatic rings. The standard InChI is InChI=1S/C23H19N3O5/c1-3-31-20-11-7-6-10-19(20)26-22(29)17(21(28)24-23(26)30)12-15-13-25(14(2)27)18-9-5-4-8-16(15)18/h4-13H,3H2,1-2H3,(H,24,28,30). The second-order valence-electron chi connectivity index (χ2n) is 6.85. The van der Waals surface area contributed by atoms with Gasteiger partial charge < -0.3 is 4.74 Å². The van der Waals surface area contributed by atoms with Gasteiger partial charge >= 0.3 is 6.03 Å². The number of carbonyl (C=O) groups excluding carboxylic acids is 4. The van der Waals surface area contributed by atoms with Gasteiger partial charge in [0.05, 0.1) is 17.8 Å². The number of aromatic nitrogens is 1. The Morgan fingerprint density at radius 2 is 1.77 bits per heavy atom. The van der Waals surface area contributed by atoms with Crippen LogP contribution in [0.2, 0.25) is 0 Å². The number of rotatable bonds is 4. The highest BCUT2D eigenvalue weighted by molar-refractivity contribution is 6.39. The number of fused-ring (bicyclic) bond motifs is 1. The summed E-state index contributed by atoms with van der Waals surface area (Å²) in [5.74, 6) is -1.45. The molecule has 2 heterocycles. The summed E-state index contributed by atoms with van der Waals surface area (Å²) in [6, 6.07) is 12.9. The fourth-order valence-corrected chi connectivity index (χ4v) is 3.53. The number of hydrogen-bond donors (Lipinski definition) is 1. The second-order valence-corrected chi connectivity index (χ2v) is 6.85. The molecule has 0 radical (unpaired) electrons. The lowest BCUT2D eigenvalue weighted by atomic mass is 10.1. The Bertz CT molecular complexity index is 1270. The van der Waals surface area contributed by atoms with Crippen LogP contribution in [-0.2, 0) is 9.59 Å². The van der Waals surface area contributed by atoms with Crippen LogP contribution >= 0.6 is 0 Å². The van der Waals surface area contributed by atoms with Crippen LogP contribution in [-0.4, -0.2) is 34.9 Å². The number of para-hydroxylation sites is 3. The summed E-state index contributed by atoms with van der Waals surface area (Å²) in [6.07, 6.45) is 2.96. The third kappa shape index (κ3) is 3.48. The highest BCUT2D eigenvalue weighted by Crippen LogP contribution is 2.32. The van der Waals surface area contributed by atoms with Gasteiger partial charge in [0.2, 0.25) is 5.91 Å². The van der Waals surface area contributed by atoms with Gasteiger partial charge in [-0.25, -0.2) is 9.69 Å². The van der Waals surface area contributed by atoms with E-state index in [0.29, 0.717) is 28.8 Å². The highest BCUT2D eigenvalue weighted by Gasteiger charge is 2.38. The molecule has 1 aliphatic rings. The molecule has 2 aromatic carbocycles. The first kappa shape index (κ1) is 20.1. The number of barbiturate groups is 1. The number of anilines is 1. The van der Waals surface area contributed by atoms with Crippen LogP contribution in [0.5, 0.6) is 5.75 Å². The van der Waals surface area contributed by atoms with Gasteiger partial charge in [-0.3, -0.25) is 24.3 Å². The minimum absolute atomic E-state index is 0.206. The molecule has 31 heavy (non-hydrogen) atoms. The molecule has 8 heteroatoms. The minimum atomic E-state index is -0.856. The zero-order chi connectivity index (χ0) is 22.1. The number of nitrogens with one attached hydrogen (secondary N) is 1. The van der Waals surface area contributed by atoms with Crippen molar-refractivity contribution in [2.24, 2.45) is 0 Å². The first-order valence-electron chi connectivity index (χ1n) is 9.66. The van der Waals surface area contributed by atoms with Crippen molar-refractivity contribution in [3.8, 4) is 5.75 Å². The van der Waals surface area contributed by atoms with Crippen LogP contribution < -0.4 is 15.0 Å². The number of benzene rings is 2. The lowest BCUT2D eigenvalue weighted by Crippen LogP contribution is -2.54. The van der Waals surface area contributed by atoms with Crippen molar-refractivity contribution in [3.63, 3.8) is 0 Å². The van der Waals surface area contributed by atoms with Crippen LogP contribution in [0.25, 0.3) is 17.0 Å². The van der Waals surface area contributed by atoms with Crippen molar-refractivity contribution in [2.75, 3.05) is 11.5 Å². The van der Waals surface area contributed by atoms with Crippen molar-refractivity contribution in [3.05, 3.63) is 65.9 Å². The molecule has 4 rings (SSSR count). The Labute approximate surface area is 177 Å². The molecular formula is C23H19N3O5. The lowest BCUT2D eigenvalue weighted by molar-refractivity contribution is -0.122. The Morgan fingerprint density at radius 3 is 2.52 bits per heavy atom. The summed E-state index contributed by atoms with van der Waals surface area (Å²) >= 11 is 0. The van der Waals surface area contributed by atoms with E-state index in [1.807, 2.05) is 0 Å². The molecule has 1 fully saturated rings. The second kappa shape index (κ2) is 7.91. The topological polar surface area (TPSA) is 97.7 Å². The molecule has 1 aliphatic heterocycles. The summed E-state index contributed by atoms with van der Waals surface area (Å²) in [5, 5.41) is 2.90. The van der Waals surface area contributed by atoms with Gasteiger partial charge in [0.1, 0.15) is 11.3 Å². The van der Waals surface area contributed by atoms with Crippen LogP contribution in [0, 0.1) is 0 Å². The van der Waals surface area contributed by atoms with E-state index >= 15 is 0 Å². The van der Waals surface area contributed by atoms with Crippen LogP contribution in [0.4, 0.5) is 10.5 Å². The van der Waals surface area contributed by atoms with E-state index < -0.39 is 17.8 Å². The van der Waals surface area contributed by atoms with E-state index in [1.165, 1.54) is 17.6 Å². The van der Waals surface area contributed by atoms with Crippen LogP contribution in [0.15, 0.2) is 60.3 Å². The van der Waals surface area contributed by atoms with Gasteiger partial charge in [0.25, 0.3) is 11.8 Å². The summed E-state index contributed by atoms with van der Waals surface area (Å²) in [6.45, 7) is 3.55. The van der Waals surface area contributed by atoms with Gasteiger partial charge in [-0.15, -0.1) is 0 Å². The Balaban J connectivity index is 1.83. The molecule has 0 unspecified atom stereocenters. The van der Waals surface area contributed by atoms with Gasteiger partial charge in [-0.1, -0.05) is 30.3 Å². The minimum Gasteiger partial charge on any atom is -0.492 e. The van der Waals surface area contributed by atoms with Gasteiger partial charge in [0.15, 0.2) is 0 Å². The molecule has 0 aliphatic carbocycles. The van der Waals surface area contributed by atoms with Crippen molar-refractivity contribution < 1.29 is 23.9 Å². The van der Waals surface area contributed by atoms with E-state index in [4.69, 9.17) is 4.74 Å². The van der Waals surface area contributed by atoms with Crippen molar-refractivity contribution in [1.29, 1.82) is 0 Å². The molecule has 1 saturated heterocycles. The first-order chi connectivity index (χ1) is 14.9. The predicted molar refractivity (Wildman–Crippen MR) is 115 cm³/mol. The molecule has 0 atom stereocenters. The van der Waals surface area contributed by atoms with Crippen molar-refractivity contribution in [2.45, 2.75) is 13.8 Å². The molecule has 1 aromatic heterocycles. The monoisotopic (exact) mass is 417 g/mol. The Hall–Kier alpha value is -4.20. The number of hydrogen-bond acceptors (Lipinski definition) is 5. The highest BCUT2D eigenvalue weighted by atomic mass is 16.5. The third-order valence-corrected chi connectivity index (χ3v) is 4.89. The molecule has 0 spiro atoms. The van der Waals surface area contributed by atoms with Crippen LogP contribution in [0.1, 0.15) is 24.2 Å². The van der Waals surface area contributed by atoms with E-state index in [9.17, 15) is 19.2 Å². The molecule has 4 amide bonds. The van der Waals surface area contributed by atoms with E-state index in [-0.39, 0.29) is 17.2 Å². The number of ether oxygens (including phenoxy) is 1. The maximum atomic E-state index is 13.2. The number of nitrogens with zero attached hydrogens (tertiary/aromatic N) is 2. The zero-order valence-corrected chi connectivity index (χ0v) is 16.9. The third-order valence-electron chi connectivity index (χ3n) is 4.89. The average molecular weight is 417 g/mol. The summed E-state index contributed by atoms with van der Waals surface area (Å²) in [5.41, 5.74) is 1.17. The fourth-order valence-electron chi connectivity index (χ4n) is 3.53. The fraction of sp³-hybridized carbons (Fsp3) is 0.130. The number of amides is 4. The molecular weight excluding hydrogens is 398 g/mol. The number of carbonyl (C=O) groups is 4. The summed E-state index contributed by atoms with van der Waals surface area (Å²) < 4.78 is 6.98. The van der Waals surface area contributed by atoms with Gasteiger partial charge in [0, 0.05) is 24.1 Å². The largest absolute Gasteiger partial charge is 0.492 e. The quantitative estimate of drug-likeness (QED) is 0.519. The normalized spacial score (nSPS) is 15.5. The molecule has 156 valence electrons. The van der Waals surface area contributed by atoms with Crippen molar-refractivity contribution in [1.82, 2.24) is 9.88 Å². The maximum absolute atomic E-state index is 13.2. The summed E-state index contributed by atoms with van der Waals surface area (Å²) in [7, 11) is 0. The first-order valence-corrected chi connectivity index (χ1v) is 9.66. The van der Waals surface area contributed by atoms with Crippen molar-refractivity contribution >= 4 is 46.4 Å². The smallest absolute Gasteiger partial charge is 0.336 e. The molecule has 0 bridgehead atoms. The van der Waals surface area contributed by atoms with E-state index in [0.717, 1.165) is 4.90 Å². The molecule has 0 saturated carbocycles. The van der Waals surface area contributed by atoms with Crippen LogP contribution in [0.3, 0.4) is 0 Å². The predicted octanol–water partition coefficient (Wildman–Crippen LogP) is 3.37. The molecule has 1 N–H and O–H groups in total. The average Bonchev–Trinajstić information content (AvgIpc) is 3.11. The van der Waals surface area contributed by atoms with Gasteiger partial charge in [-0.05, 0) is 31.2 Å². The maximum Gasteiger partial charge on any atom is 0.336 e. The van der Waals surface area contributed by atoms with E-state index in [2.05, 4.69) is 5.32 Å². The number of imide groups is 2. The Morgan fingerprint density at radius 1 is 1.06 bits per heavy atom. The van der Waals surface area contributed by atoms with E-state index in [1.54, 1.807) is 61.7 Å². The van der Waals surface area contributed by atoms with Gasteiger partial charge in [-0.2, -0.15) is 0 Å². The zero-order valence-electron chi connectivity index (χ0n) is 16.9. The Kier molecular flexibility index (Phi) is 5.12. The SMILES string of the molecule is CCOc1ccccc1N1C(=O)NC(=O)C(=Cc2cn(C(C)=O)c3ccccc23)C1=O. The lowest BCUT2D eigenvalue weighted by Gasteiger charge is -2.27. The number of urea groups is 1.